The second-order valence-corrected chi connectivity index (χ2v) is 8.53. The summed E-state index contributed by atoms with van der Waals surface area (Å²) >= 11 is 0. The Morgan fingerprint density at radius 3 is 2.41 bits per heavy atom. The van der Waals surface area contributed by atoms with Gasteiger partial charge in [0.05, 0.1) is 24.4 Å². The number of esters is 1. The Bertz CT molecular complexity index is 1190. The molecule has 3 aromatic rings. The summed E-state index contributed by atoms with van der Waals surface area (Å²) < 4.78 is 11.2. The van der Waals surface area contributed by atoms with Crippen LogP contribution >= 0.6 is 0 Å². The van der Waals surface area contributed by atoms with Crippen molar-refractivity contribution in [1.82, 2.24) is 14.9 Å². The number of ether oxygens (including phenoxy) is 2. The highest BCUT2D eigenvalue weighted by molar-refractivity contribution is 5.94. The van der Waals surface area contributed by atoms with Crippen molar-refractivity contribution in [1.29, 1.82) is 0 Å². The van der Waals surface area contributed by atoms with Crippen LogP contribution in [-0.4, -0.2) is 47.9 Å². The van der Waals surface area contributed by atoms with Gasteiger partial charge in [-0.3, -0.25) is 14.6 Å². The summed E-state index contributed by atoms with van der Waals surface area (Å²) in [5.41, 5.74) is 2.99. The lowest BCUT2D eigenvalue weighted by Crippen LogP contribution is -2.35. The number of pyridine rings is 2. The van der Waals surface area contributed by atoms with Gasteiger partial charge in [-0.2, -0.15) is 0 Å². The minimum Gasteiger partial charge on any atom is -0.469 e. The minimum atomic E-state index is -0.846. The van der Waals surface area contributed by atoms with Crippen molar-refractivity contribution in [3.8, 4) is 22.9 Å². The lowest BCUT2D eigenvalue weighted by Gasteiger charge is -2.36. The van der Waals surface area contributed by atoms with E-state index in [0.29, 0.717) is 22.9 Å². The Labute approximate surface area is 187 Å². The van der Waals surface area contributed by atoms with Crippen LogP contribution in [-0.2, 0) is 9.53 Å². The molecule has 0 N–H and O–H groups in total. The fraction of sp³-hybridized carbons (Fsp3) is 0.280. The quantitative estimate of drug-likeness (QED) is 0.574. The number of rotatable bonds is 4. The number of amides is 1. The summed E-state index contributed by atoms with van der Waals surface area (Å²) in [6.45, 7) is 3.72. The van der Waals surface area contributed by atoms with Crippen LogP contribution in [0.5, 0.6) is 11.6 Å². The Morgan fingerprint density at radius 1 is 1.03 bits per heavy atom. The molecule has 32 heavy (non-hydrogen) atoms. The molecule has 0 saturated carbocycles. The molecule has 7 nitrogen and oxygen atoms in total. The topological polar surface area (TPSA) is 81.6 Å². The average molecular weight is 431 g/mol. The van der Waals surface area contributed by atoms with Crippen LogP contribution in [0, 0.1) is 5.41 Å². The van der Waals surface area contributed by atoms with Crippen LogP contribution in [0.3, 0.4) is 0 Å². The van der Waals surface area contributed by atoms with Gasteiger partial charge in [-0.05, 0) is 38.1 Å². The van der Waals surface area contributed by atoms with Gasteiger partial charge in [0.15, 0.2) is 5.75 Å². The molecular weight excluding hydrogens is 406 g/mol. The maximum Gasteiger partial charge on any atom is 0.312 e. The van der Waals surface area contributed by atoms with Crippen molar-refractivity contribution in [3.63, 3.8) is 0 Å². The van der Waals surface area contributed by atoms with Crippen molar-refractivity contribution in [2.45, 2.75) is 19.8 Å². The zero-order valence-corrected chi connectivity index (χ0v) is 18.7. The molecule has 164 valence electrons. The highest BCUT2D eigenvalue weighted by atomic mass is 16.5. The van der Waals surface area contributed by atoms with Gasteiger partial charge < -0.3 is 14.4 Å². The van der Waals surface area contributed by atoms with Crippen LogP contribution in [0.2, 0.25) is 0 Å². The summed E-state index contributed by atoms with van der Waals surface area (Å²) in [6.07, 6.45) is 3.32. The predicted octanol–water partition coefficient (Wildman–Crippen LogP) is 4.28. The highest BCUT2D eigenvalue weighted by Gasteiger charge is 2.45. The first-order chi connectivity index (χ1) is 15.2. The molecule has 3 heterocycles. The smallest absolute Gasteiger partial charge is 0.312 e. The first-order valence-corrected chi connectivity index (χ1v) is 10.3. The van der Waals surface area contributed by atoms with E-state index in [1.807, 2.05) is 44.2 Å². The van der Waals surface area contributed by atoms with Crippen molar-refractivity contribution >= 4 is 11.9 Å². The molecule has 7 heteroatoms. The van der Waals surface area contributed by atoms with Crippen LogP contribution in [0.4, 0.5) is 0 Å². The SMILES string of the molecule is COC(=O)C(C)(C)C1c2ccncc2Oc2nc(-c3ccc(C(=O)N(C)C)cc3)ccc21. The second-order valence-electron chi connectivity index (χ2n) is 8.53. The predicted molar refractivity (Wildman–Crippen MR) is 120 cm³/mol. The first kappa shape index (κ1) is 21.5. The molecule has 4 rings (SSSR count). The van der Waals surface area contributed by atoms with Gasteiger partial charge in [0.25, 0.3) is 5.91 Å². The van der Waals surface area contributed by atoms with Crippen LogP contribution in [0.1, 0.15) is 41.3 Å². The van der Waals surface area contributed by atoms with Gasteiger partial charge in [-0.15, -0.1) is 0 Å². The first-order valence-electron chi connectivity index (χ1n) is 10.3. The minimum absolute atomic E-state index is 0.0599. The summed E-state index contributed by atoms with van der Waals surface area (Å²) in [5, 5.41) is 0. The number of carbonyl (C=O) groups is 2. The third kappa shape index (κ3) is 3.60. The molecule has 1 atom stereocenters. The molecule has 1 aliphatic rings. The molecule has 2 aromatic heterocycles. The van der Waals surface area contributed by atoms with Crippen molar-refractivity contribution in [2.24, 2.45) is 5.41 Å². The summed E-state index contributed by atoms with van der Waals surface area (Å²) in [7, 11) is 4.83. The molecule has 0 fully saturated rings. The lowest BCUT2D eigenvalue weighted by molar-refractivity contribution is -0.151. The van der Waals surface area contributed by atoms with Crippen LogP contribution < -0.4 is 4.74 Å². The number of fused-ring (bicyclic) bond motifs is 2. The molecule has 1 amide bonds. The summed E-state index contributed by atoms with van der Waals surface area (Å²) in [6, 6.07) is 13.0. The molecule has 0 radical (unpaired) electrons. The maximum atomic E-state index is 12.6. The number of benzene rings is 1. The standard InChI is InChI=1S/C25H25N3O4/c1-25(2,24(30)31-5)21-17-12-13-26-14-20(17)32-22-18(21)10-11-19(27-22)15-6-8-16(9-7-15)23(29)28(3)4/h6-14,21H,1-5H3. The molecule has 0 saturated heterocycles. The number of methoxy groups -OCH3 is 1. The summed E-state index contributed by atoms with van der Waals surface area (Å²) in [5.74, 6) is 0.314. The third-order valence-electron chi connectivity index (χ3n) is 5.80. The van der Waals surface area contributed by atoms with Gasteiger partial charge in [-0.1, -0.05) is 18.2 Å². The lowest BCUT2D eigenvalue weighted by atomic mass is 9.70. The number of aromatic nitrogens is 2. The van der Waals surface area contributed by atoms with E-state index in [2.05, 4.69) is 4.98 Å². The normalized spacial score (nSPS) is 14.6. The van der Waals surface area contributed by atoms with Gasteiger partial charge in [0, 0.05) is 48.5 Å². The van der Waals surface area contributed by atoms with E-state index in [9.17, 15) is 9.59 Å². The number of carbonyl (C=O) groups excluding carboxylic acids is 2. The number of hydrogen-bond donors (Lipinski definition) is 0. The van der Waals surface area contributed by atoms with E-state index < -0.39 is 5.41 Å². The Morgan fingerprint density at radius 2 is 1.75 bits per heavy atom. The molecule has 0 aliphatic carbocycles. The van der Waals surface area contributed by atoms with E-state index in [0.717, 1.165) is 16.7 Å². The highest BCUT2D eigenvalue weighted by Crippen LogP contribution is 2.51. The largest absolute Gasteiger partial charge is 0.469 e. The van der Waals surface area contributed by atoms with Gasteiger partial charge in [0.2, 0.25) is 5.88 Å². The molecule has 0 spiro atoms. The maximum absolute atomic E-state index is 12.6. The molecule has 1 aromatic carbocycles. The van der Waals surface area contributed by atoms with Crippen molar-refractivity contribution < 1.29 is 19.1 Å². The zero-order valence-electron chi connectivity index (χ0n) is 18.7. The van der Waals surface area contributed by atoms with Gasteiger partial charge in [0.1, 0.15) is 0 Å². The van der Waals surface area contributed by atoms with Crippen LogP contribution in [0.15, 0.2) is 54.9 Å². The molecular formula is C25H25N3O4. The second kappa shape index (κ2) is 8.07. The van der Waals surface area contributed by atoms with E-state index in [-0.39, 0.29) is 17.8 Å². The zero-order chi connectivity index (χ0) is 23.0. The monoisotopic (exact) mass is 431 g/mol. The van der Waals surface area contributed by atoms with Crippen LogP contribution in [0.25, 0.3) is 11.3 Å². The van der Waals surface area contributed by atoms with E-state index in [1.54, 1.807) is 38.6 Å². The van der Waals surface area contributed by atoms with E-state index >= 15 is 0 Å². The van der Waals surface area contributed by atoms with Crippen molar-refractivity contribution in [2.75, 3.05) is 21.2 Å². The third-order valence-corrected chi connectivity index (χ3v) is 5.80. The Hall–Kier alpha value is -3.74. The van der Waals surface area contributed by atoms with Crippen molar-refractivity contribution in [3.05, 3.63) is 71.5 Å². The average Bonchev–Trinajstić information content (AvgIpc) is 2.80. The molecule has 1 aliphatic heterocycles. The Balaban J connectivity index is 1.77. The van der Waals surface area contributed by atoms with E-state index in [1.165, 1.54) is 12.0 Å². The summed E-state index contributed by atoms with van der Waals surface area (Å²) in [4.78, 5) is 35.3. The van der Waals surface area contributed by atoms with Gasteiger partial charge in [-0.25, -0.2) is 4.98 Å². The molecule has 0 bridgehead atoms. The molecule has 1 unspecified atom stereocenters. The number of hydrogen-bond acceptors (Lipinski definition) is 6. The fourth-order valence-corrected chi connectivity index (χ4v) is 4.10. The van der Waals surface area contributed by atoms with E-state index in [4.69, 9.17) is 14.5 Å². The van der Waals surface area contributed by atoms with Gasteiger partial charge >= 0.3 is 5.97 Å². The Kier molecular flexibility index (Phi) is 5.42. The number of nitrogens with zero attached hydrogens (tertiary/aromatic N) is 3. The fourth-order valence-electron chi connectivity index (χ4n) is 4.10.